The molecule has 0 saturated heterocycles. The molecule has 0 aliphatic carbocycles. The summed E-state index contributed by atoms with van der Waals surface area (Å²) in [6.07, 6.45) is 1.23. The molecule has 1 amide bonds. The maximum Gasteiger partial charge on any atom is 0.249 e. The van der Waals surface area contributed by atoms with E-state index >= 15 is 0 Å². The van der Waals surface area contributed by atoms with E-state index < -0.39 is 6.10 Å². The summed E-state index contributed by atoms with van der Waals surface area (Å²) in [7, 11) is 1.52. The fourth-order valence-electron chi connectivity index (χ4n) is 2.00. The third-order valence-corrected chi connectivity index (χ3v) is 3.40. The number of rotatable bonds is 5. The quantitative estimate of drug-likeness (QED) is 0.918. The molecule has 0 aliphatic rings. The molecule has 0 radical (unpaired) electrons. The Morgan fingerprint density at radius 1 is 1.19 bits per heavy atom. The highest BCUT2D eigenvalue weighted by molar-refractivity contribution is 5.81. The van der Waals surface area contributed by atoms with E-state index in [2.05, 4.69) is 10.3 Å². The first kappa shape index (κ1) is 15.2. The Bertz CT molecular complexity index is 581. The molecule has 0 unspecified atom stereocenters. The highest BCUT2D eigenvalue weighted by atomic mass is 16.5. The van der Waals surface area contributed by atoms with Gasteiger partial charge in [0.25, 0.3) is 0 Å². The number of aryl methyl sites for hydroxylation is 1. The lowest BCUT2D eigenvalue weighted by Gasteiger charge is -2.21. The van der Waals surface area contributed by atoms with Gasteiger partial charge in [0.15, 0.2) is 0 Å². The van der Waals surface area contributed by atoms with Gasteiger partial charge in [0.1, 0.15) is 6.10 Å². The normalized spacial score (nSPS) is 13.5. The van der Waals surface area contributed by atoms with Crippen molar-refractivity contribution in [1.82, 2.24) is 10.3 Å². The predicted octanol–water partition coefficient (Wildman–Crippen LogP) is 2.63. The molecule has 0 fully saturated rings. The van der Waals surface area contributed by atoms with Gasteiger partial charge in [0, 0.05) is 13.3 Å². The first-order valence-electron chi connectivity index (χ1n) is 6.92. The number of hydrogen-bond acceptors (Lipinski definition) is 3. The van der Waals surface area contributed by atoms with E-state index in [9.17, 15) is 4.79 Å². The molecule has 0 spiro atoms. The third kappa shape index (κ3) is 3.89. The van der Waals surface area contributed by atoms with Crippen LogP contribution < -0.4 is 5.32 Å². The summed E-state index contributed by atoms with van der Waals surface area (Å²) in [5.74, 6) is -0.159. The van der Waals surface area contributed by atoms with Gasteiger partial charge in [-0.25, -0.2) is 0 Å². The summed E-state index contributed by atoms with van der Waals surface area (Å²) in [6, 6.07) is 13.5. The van der Waals surface area contributed by atoms with Crippen LogP contribution in [0.1, 0.15) is 29.8 Å². The zero-order chi connectivity index (χ0) is 15.2. The maximum atomic E-state index is 12.1. The zero-order valence-corrected chi connectivity index (χ0v) is 12.5. The molecule has 1 aromatic carbocycles. The number of hydrogen-bond donors (Lipinski definition) is 1. The summed E-state index contributed by atoms with van der Waals surface area (Å²) >= 11 is 0. The van der Waals surface area contributed by atoms with E-state index in [0.29, 0.717) is 0 Å². The number of carbonyl (C=O) groups excluding carboxylic acids is 1. The number of methoxy groups -OCH3 is 1. The van der Waals surface area contributed by atoms with Crippen LogP contribution in [-0.2, 0) is 9.53 Å². The Balaban J connectivity index is 2.31. The first-order valence-corrected chi connectivity index (χ1v) is 6.92. The van der Waals surface area contributed by atoms with Crippen molar-refractivity contribution in [2.45, 2.75) is 26.0 Å². The van der Waals surface area contributed by atoms with Crippen molar-refractivity contribution in [2.24, 2.45) is 0 Å². The van der Waals surface area contributed by atoms with Crippen LogP contribution in [-0.4, -0.2) is 24.1 Å². The Morgan fingerprint density at radius 2 is 1.90 bits per heavy atom. The number of ether oxygens (including phenoxy) is 1. The van der Waals surface area contributed by atoms with Gasteiger partial charge in [0.2, 0.25) is 5.91 Å². The number of carbonyl (C=O) groups is 1. The van der Waals surface area contributed by atoms with Gasteiger partial charge in [0.05, 0.1) is 11.7 Å². The molecule has 0 aliphatic heterocycles. The lowest BCUT2D eigenvalue weighted by Crippen LogP contribution is -2.37. The molecule has 21 heavy (non-hydrogen) atoms. The van der Waals surface area contributed by atoms with Crippen molar-refractivity contribution in [2.75, 3.05) is 7.11 Å². The highest BCUT2D eigenvalue weighted by Gasteiger charge is 2.21. The Labute approximate surface area is 125 Å². The molecule has 0 saturated carbocycles. The van der Waals surface area contributed by atoms with Gasteiger partial charge < -0.3 is 10.1 Å². The number of pyridine rings is 1. The lowest BCUT2D eigenvalue weighted by molar-refractivity contribution is -0.130. The van der Waals surface area contributed by atoms with E-state index in [0.717, 1.165) is 11.3 Å². The molecular formula is C17H20N2O2. The second-order valence-corrected chi connectivity index (χ2v) is 4.98. The summed E-state index contributed by atoms with van der Waals surface area (Å²) in [6.45, 7) is 3.76. The second-order valence-electron chi connectivity index (χ2n) is 4.98. The number of amides is 1. The largest absolute Gasteiger partial charge is 0.372 e. The molecule has 110 valence electrons. The van der Waals surface area contributed by atoms with Crippen LogP contribution in [0.5, 0.6) is 0 Å². The van der Waals surface area contributed by atoms with E-state index in [-0.39, 0.29) is 11.9 Å². The molecule has 1 heterocycles. The minimum Gasteiger partial charge on any atom is -0.372 e. The summed E-state index contributed by atoms with van der Waals surface area (Å²) < 4.78 is 5.07. The van der Waals surface area contributed by atoms with Crippen molar-refractivity contribution in [3.63, 3.8) is 0 Å². The predicted molar refractivity (Wildman–Crippen MR) is 81.9 cm³/mol. The van der Waals surface area contributed by atoms with Gasteiger partial charge >= 0.3 is 0 Å². The number of aromatic nitrogens is 1. The molecule has 0 bridgehead atoms. The molecule has 1 N–H and O–H groups in total. The van der Waals surface area contributed by atoms with Crippen LogP contribution in [0, 0.1) is 6.92 Å². The topological polar surface area (TPSA) is 51.2 Å². The van der Waals surface area contributed by atoms with Crippen LogP contribution in [0.4, 0.5) is 0 Å². The van der Waals surface area contributed by atoms with Gasteiger partial charge in [-0.15, -0.1) is 0 Å². The van der Waals surface area contributed by atoms with Gasteiger partial charge in [-0.2, -0.15) is 0 Å². The van der Waals surface area contributed by atoms with Gasteiger partial charge in [-0.1, -0.05) is 35.9 Å². The Kier molecular flexibility index (Phi) is 5.06. The second kappa shape index (κ2) is 6.99. The minimum atomic E-state index is -0.498. The smallest absolute Gasteiger partial charge is 0.249 e. The van der Waals surface area contributed by atoms with E-state index in [1.807, 2.05) is 49.4 Å². The lowest BCUT2D eigenvalue weighted by atomic mass is 10.0. The third-order valence-electron chi connectivity index (χ3n) is 3.40. The molecule has 4 nitrogen and oxygen atoms in total. The molecule has 2 rings (SSSR count). The van der Waals surface area contributed by atoms with Crippen LogP contribution in [0.25, 0.3) is 0 Å². The van der Waals surface area contributed by atoms with E-state index in [1.165, 1.54) is 12.7 Å². The van der Waals surface area contributed by atoms with E-state index in [1.54, 1.807) is 13.1 Å². The van der Waals surface area contributed by atoms with Crippen LogP contribution >= 0.6 is 0 Å². The van der Waals surface area contributed by atoms with Crippen molar-refractivity contribution in [3.8, 4) is 0 Å². The standard InChI is InChI=1S/C17H20N2O2/c1-12-7-9-14(10-8-12)16(15-6-4-5-11-18-15)19-17(20)13(2)21-3/h4-11,13,16H,1-3H3,(H,19,20)/t13-,16-/m1/s1. The van der Waals surface area contributed by atoms with Crippen molar-refractivity contribution >= 4 is 5.91 Å². The molecule has 1 aromatic heterocycles. The molecule has 4 heteroatoms. The summed E-state index contributed by atoms with van der Waals surface area (Å²) in [4.78, 5) is 16.5. The van der Waals surface area contributed by atoms with E-state index in [4.69, 9.17) is 4.74 Å². The number of nitrogens with one attached hydrogen (secondary N) is 1. The van der Waals surface area contributed by atoms with Crippen molar-refractivity contribution in [1.29, 1.82) is 0 Å². The van der Waals surface area contributed by atoms with Crippen molar-refractivity contribution in [3.05, 3.63) is 65.5 Å². The summed E-state index contributed by atoms with van der Waals surface area (Å²) in [5, 5.41) is 2.99. The van der Waals surface area contributed by atoms with Gasteiger partial charge in [-0.3, -0.25) is 9.78 Å². The van der Waals surface area contributed by atoms with Crippen LogP contribution in [0.3, 0.4) is 0 Å². The highest BCUT2D eigenvalue weighted by Crippen LogP contribution is 2.21. The fraction of sp³-hybridized carbons (Fsp3) is 0.294. The van der Waals surface area contributed by atoms with Crippen LogP contribution in [0.15, 0.2) is 48.7 Å². The fourth-order valence-corrected chi connectivity index (χ4v) is 2.00. The number of benzene rings is 1. The first-order chi connectivity index (χ1) is 10.1. The molecule has 2 aromatic rings. The maximum absolute atomic E-state index is 12.1. The SMILES string of the molecule is CO[C@H](C)C(=O)N[C@H](c1ccc(C)cc1)c1ccccn1. The van der Waals surface area contributed by atoms with Crippen molar-refractivity contribution < 1.29 is 9.53 Å². The van der Waals surface area contributed by atoms with Crippen LogP contribution in [0.2, 0.25) is 0 Å². The molecular weight excluding hydrogens is 264 g/mol. The monoisotopic (exact) mass is 284 g/mol. The zero-order valence-electron chi connectivity index (χ0n) is 12.5. The average Bonchev–Trinajstić information content (AvgIpc) is 2.53. The minimum absolute atomic E-state index is 0.159. The van der Waals surface area contributed by atoms with Gasteiger partial charge in [-0.05, 0) is 31.5 Å². The summed E-state index contributed by atoms with van der Waals surface area (Å²) in [5.41, 5.74) is 2.98. The average molecular weight is 284 g/mol. The molecule has 2 atom stereocenters. The Morgan fingerprint density at radius 3 is 2.48 bits per heavy atom. The number of nitrogens with zero attached hydrogens (tertiary/aromatic N) is 1. The Hall–Kier alpha value is -2.20.